The van der Waals surface area contributed by atoms with Crippen LogP contribution in [0.4, 0.5) is 0 Å². The second-order valence-electron chi connectivity index (χ2n) is 14.3. The number of amides is 2. The average Bonchev–Trinajstić information content (AvgIpc) is 3.34. The van der Waals surface area contributed by atoms with Crippen LogP contribution in [0.25, 0.3) is 0 Å². The molecule has 2 amide bonds. The van der Waals surface area contributed by atoms with E-state index in [9.17, 15) is 19.7 Å². The largest absolute Gasteiger partial charge is 0.481 e. The predicted octanol–water partition coefficient (Wildman–Crippen LogP) is 3.99. The molecule has 12 nitrogen and oxygen atoms in total. The number of aryl methyl sites for hydroxylation is 1. The number of hydrogen-bond acceptors (Lipinski definition) is 8. The first-order chi connectivity index (χ1) is 21.7. The van der Waals surface area contributed by atoms with E-state index in [1.807, 2.05) is 6.92 Å². The fraction of sp³-hybridized carbons (Fsp3) is 0.719. The quantitative estimate of drug-likeness (QED) is 0.0441. The van der Waals surface area contributed by atoms with Gasteiger partial charge in [0.15, 0.2) is 5.03 Å². The van der Waals surface area contributed by atoms with Crippen LogP contribution < -0.4 is 21.4 Å². The van der Waals surface area contributed by atoms with E-state index in [1.165, 1.54) is 11.1 Å². The summed E-state index contributed by atoms with van der Waals surface area (Å²) in [6.45, 7) is 13.2. The van der Waals surface area contributed by atoms with Gasteiger partial charge in [0.1, 0.15) is 6.04 Å². The molecule has 3 saturated carbocycles. The predicted molar refractivity (Wildman–Crippen MR) is 180 cm³/mol. The Bertz CT molecular complexity index is 1250. The number of nitrogens with zero attached hydrogens (tertiary/aromatic N) is 1. The molecule has 46 heavy (non-hydrogen) atoms. The number of guanidine groups is 1. The summed E-state index contributed by atoms with van der Waals surface area (Å²) >= 11 is 1.66. The van der Waals surface area contributed by atoms with Crippen molar-refractivity contribution in [3.05, 3.63) is 45.5 Å². The Balaban J connectivity index is 1.36. The van der Waals surface area contributed by atoms with Crippen LogP contribution >= 0.6 is 11.8 Å². The Morgan fingerprint density at radius 2 is 1.89 bits per heavy atom. The van der Waals surface area contributed by atoms with Crippen molar-refractivity contribution in [1.82, 2.24) is 21.4 Å². The van der Waals surface area contributed by atoms with Crippen LogP contribution in [0.3, 0.4) is 0 Å². The molecule has 3 aliphatic carbocycles. The summed E-state index contributed by atoms with van der Waals surface area (Å²) in [6.07, 6.45) is 3.67. The Kier molecular flexibility index (Phi) is 12.0. The van der Waals surface area contributed by atoms with Crippen LogP contribution in [0.2, 0.25) is 0 Å². The van der Waals surface area contributed by atoms with Crippen molar-refractivity contribution < 1.29 is 23.9 Å². The maximum atomic E-state index is 13.8. The van der Waals surface area contributed by atoms with Gasteiger partial charge in [-0.3, -0.25) is 15.0 Å². The van der Waals surface area contributed by atoms with E-state index in [0.29, 0.717) is 30.4 Å². The van der Waals surface area contributed by atoms with E-state index in [4.69, 9.17) is 14.7 Å². The maximum Gasteiger partial charge on any atom is 0.481 e. The van der Waals surface area contributed by atoms with Gasteiger partial charge in [-0.1, -0.05) is 62.9 Å². The lowest BCUT2D eigenvalue weighted by atomic mass is 9.43. The van der Waals surface area contributed by atoms with Crippen LogP contribution in [0.1, 0.15) is 84.3 Å². The molecule has 5 N–H and O–H groups in total. The van der Waals surface area contributed by atoms with Crippen LogP contribution in [0.5, 0.6) is 0 Å². The van der Waals surface area contributed by atoms with Crippen molar-refractivity contribution in [2.75, 3.05) is 12.3 Å². The molecule has 0 spiro atoms. The van der Waals surface area contributed by atoms with Gasteiger partial charge < -0.3 is 25.3 Å². The Morgan fingerprint density at radius 1 is 1.17 bits per heavy atom. The molecule has 0 unspecified atom stereocenters. The number of benzene rings is 1. The van der Waals surface area contributed by atoms with Crippen molar-refractivity contribution in [3.8, 4) is 0 Å². The lowest BCUT2D eigenvalue weighted by molar-refractivity contribution is -0.525. The fourth-order valence-electron chi connectivity index (χ4n) is 7.33. The second-order valence-corrected chi connectivity index (χ2v) is 15.4. The molecule has 1 saturated heterocycles. The molecular weight excluding hydrogens is 607 g/mol. The number of carbonyl (C=O) groups excluding carboxylic acids is 2. The number of thioether (sulfide) groups is 1. The van der Waals surface area contributed by atoms with Gasteiger partial charge in [0, 0.05) is 24.5 Å². The van der Waals surface area contributed by atoms with Crippen LogP contribution in [-0.2, 0) is 24.7 Å². The highest BCUT2D eigenvalue weighted by atomic mass is 32.2. The molecule has 254 valence electrons. The van der Waals surface area contributed by atoms with Gasteiger partial charge >= 0.3 is 7.12 Å². The molecular formula is C32H51BN6O6S. The normalized spacial score (nSPS) is 25.5. The molecule has 6 atom stereocenters. The third-order valence-electron chi connectivity index (χ3n) is 10.0. The Morgan fingerprint density at radius 3 is 2.54 bits per heavy atom. The van der Waals surface area contributed by atoms with Crippen molar-refractivity contribution in [3.63, 3.8) is 0 Å². The van der Waals surface area contributed by atoms with Crippen LogP contribution in [0.15, 0.2) is 24.3 Å². The smallest absolute Gasteiger partial charge is 0.404 e. The molecule has 14 heteroatoms. The van der Waals surface area contributed by atoms with Crippen molar-refractivity contribution >= 4 is 36.7 Å². The highest BCUT2D eigenvalue weighted by Gasteiger charge is 2.68. The summed E-state index contributed by atoms with van der Waals surface area (Å²) in [6, 6.07) is 7.49. The minimum atomic E-state index is -0.824. The third-order valence-corrected chi connectivity index (χ3v) is 11.1. The lowest BCUT2D eigenvalue weighted by Crippen LogP contribution is -2.65. The summed E-state index contributed by atoms with van der Waals surface area (Å²) in [5.74, 6) is 1.31. The summed E-state index contributed by atoms with van der Waals surface area (Å²) in [7, 11) is -0.582. The molecule has 5 rings (SSSR count). The van der Waals surface area contributed by atoms with Gasteiger partial charge in [0.25, 0.3) is 5.96 Å². The fourth-order valence-corrected chi connectivity index (χ4v) is 8.23. The Hall–Kier alpha value is -2.84. The van der Waals surface area contributed by atoms with E-state index in [-0.39, 0.29) is 48.6 Å². The van der Waals surface area contributed by atoms with Gasteiger partial charge in [0.2, 0.25) is 11.8 Å². The van der Waals surface area contributed by atoms with Gasteiger partial charge in [-0.25, -0.2) is 10.1 Å². The van der Waals surface area contributed by atoms with Crippen LogP contribution in [-0.4, -0.2) is 65.9 Å². The highest BCUT2D eigenvalue weighted by molar-refractivity contribution is 7.98. The lowest BCUT2D eigenvalue weighted by Gasteiger charge is -2.64. The average molecular weight is 659 g/mol. The maximum absolute atomic E-state index is 13.8. The zero-order valence-corrected chi connectivity index (χ0v) is 28.8. The highest BCUT2D eigenvalue weighted by Crippen LogP contribution is 2.65. The summed E-state index contributed by atoms with van der Waals surface area (Å²) in [5.41, 5.74) is 3.95. The molecule has 0 aromatic heterocycles. The number of rotatable bonds is 16. The van der Waals surface area contributed by atoms with E-state index >= 15 is 0 Å². The zero-order valence-electron chi connectivity index (χ0n) is 28.0. The zero-order chi connectivity index (χ0) is 33.6. The monoisotopic (exact) mass is 658 g/mol. The van der Waals surface area contributed by atoms with Gasteiger partial charge in [0.05, 0.1) is 17.6 Å². The minimum absolute atomic E-state index is 0.0112. The number of carbonyl (C=O) groups is 2. The summed E-state index contributed by atoms with van der Waals surface area (Å²) in [4.78, 5) is 37.4. The van der Waals surface area contributed by atoms with Gasteiger partial charge in [-0.05, 0) is 74.7 Å². The third kappa shape index (κ3) is 8.94. The summed E-state index contributed by atoms with van der Waals surface area (Å²) in [5, 5.41) is 26.1. The first-order valence-electron chi connectivity index (χ1n) is 16.5. The molecule has 1 heterocycles. The van der Waals surface area contributed by atoms with Crippen molar-refractivity contribution in [1.29, 1.82) is 5.41 Å². The number of hydrogen-bond donors (Lipinski definition) is 5. The van der Waals surface area contributed by atoms with Crippen molar-refractivity contribution in [2.45, 2.75) is 110 Å². The number of hydrazine groups is 1. The molecule has 1 aromatic carbocycles. The van der Waals surface area contributed by atoms with E-state index in [0.717, 1.165) is 18.6 Å². The minimum Gasteiger partial charge on any atom is -0.404 e. The molecule has 2 bridgehead atoms. The first kappa shape index (κ1) is 36.0. The number of nitro groups is 1. The Labute approximate surface area is 277 Å². The van der Waals surface area contributed by atoms with Gasteiger partial charge in [-0.15, -0.1) is 0 Å². The standard InChI is InChI=1S/C32H51BN6O6S/c1-20(2)16-27(33-44-26-18-23-17-25(31(23,4)5)32(26,6)45-33)37-29(41)24(8-7-14-35-30(34)38-39(42)43)36-28(40)13-15-46-19-22-11-9-21(3)10-12-22/h9-12,20,23-27H,7-8,13-19H2,1-6H3,(H,36,40)(H,37,41)(H3,34,35,38)/t23-,24-,25-,26+,27-,32-/m0/s1. The molecule has 0 radical (unpaired) electrons. The molecule has 1 aliphatic heterocycles. The SMILES string of the molecule is Cc1ccc(CSCCC(=O)N[C@@H](CCCNC(=N)N[N+](=O)[O-])C(=O)N[C@@H](CC(C)C)B2O[C@@H]3C[C@@H]4C[C@@H](C4(C)C)[C@]3(C)O2)cc1. The van der Waals surface area contributed by atoms with E-state index < -0.39 is 35.7 Å². The van der Waals surface area contributed by atoms with Gasteiger partial charge in [-0.2, -0.15) is 11.8 Å². The van der Waals surface area contributed by atoms with E-state index in [2.05, 4.69) is 74.8 Å². The molecule has 4 fully saturated rings. The molecule has 4 aliphatic rings. The van der Waals surface area contributed by atoms with E-state index in [1.54, 1.807) is 17.2 Å². The molecule has 1 aromatic rings. The second kappa shape index (κ2) is 15.4. The van der Waals surface area contributed by atoms with Crippen molar-refractivity contribution in [2.24, 2.45) is 23.2 Å². The summed E-state index contributed by atoms with van der Waals surface area (Å²) < 4.78 is 13.2. The topological polar surface area (TPSA) is 168 Å². The van der Waals surface area contributed by atoms with Crippen LogP contribution in [0, 0.1) is 45.6 Å². The first-order valence-corrected chi connectivity index (χ1v) is 17.6. The number of nitrogens with one attached hydrogen (secondary N) is 5.